The summed E-state index contributed by atoms with van der Waals surface area (Å²) in [5, 5.41) is 8.53. The van der Waals surface area contributed by atoms with E-state index in [1.807, 2.05) is 13.8 Å². The van der Waals surface area contributed by atoms with Gasteiger partial charge in [0.25, 0.3) is 0 Å². The summed E-state index contributed by atoms with van der Waals surface area (Å²) >= 11 is 0. The molecule has 1 aliphatic heterocycles. The van der Waals surface area contributed by atoms with Gasteiger partial charge in [-0.2, -0.15) is 0 Å². The Balaban J connectivity index is 2.43. The number of carboxylic acid groups (broad SMARTS) is 1. The smallest absolute Gasteiger partial charge is 0.303 e. The molecule has 5 nitrogen and oxygen atoms in total. The lowest BCUT2D eigenvalue weighted by atomic mass is 9.92. The number of carboxylic acids is 1. The SMILES string of the molecule is CCC(C)C(=O)C1CCN(C(=O)CCC(=O)O)C1. The fourth-order valence-corrected chi connectivity index (χ4v) is 2.19. The van der Waals surface area contributed by atoms with E-state index in [1.165, 1.54) is 0 Å². The molecule has 1 N–H and O–H groups in total. The molecule has 1 heterocycles. The molecule has 0 aromatic carbocycles. The summed E-state index contributed by atoms with van der Waals surface area (Å²) in [6.07, 6.45) is 1.42. The highest BCUT2D eigenvalue weighted by Gasteiger charge is 2.32. The van der Waals surface area contributed by atoms with Gasteiger partial charge in [-0.25, -0.2) is 0 Å². The number of ketones is 1. The first-order chi connectivity index (χ1) is 8.45. The van der Waals surface area contributed by atoms with E-state index in [-0.39, 0.29) is 36.4 Å². The van der Waals surface area contributed by atoms with Gasteiger partial charge in [0.05, 0.1) is 6.42 Å². The van der Waals surface area contributed by atoms with Crippen LogP contribution in [0.5, 0.6) is 0 Å². The molecule has 0 saturated carbocycles. The van der Waals surface area contributed by atoms with Gasteiger partial charge in [-0.15, -0.1) is 0 Å². The van der Waals surface area contributed by atoms with E-state index in [1.54, 1.807) is 4.90 Å². The maximum Gasteiger partial charge on any atom is 0.303 e. The zero-order valence-electron chi connectivity index (χ0n) is 11.0. The minimum atomic E-state index is -0.963. The van der Waals surface area contributed by atoms with Crippen LogP contribution in [0.3, 0.4) is 0 Å². The second-order valence-electron chi connectivity index (χ2n) is 4.93. The first-order valence-corrected chi connectivity index (χ1v) is 6.49. The molecule has 0 radical (unpaired) electrons. The molecule has 2 unspecified atom stereocenters. The minimum absolute atomic E-state index is 0.0274. The van der Waals surface area contributed by atoms with Gasteiger partial charge in [0.2, 0.25) is 5.91 Å². The van der Waals surface area contributed by atoms with Crippen molar-refractivity contribution in [1.29, 1.82) is 0 Å². The van der Waals surface area contributed by atoms with Crippen molar-refractivity contribution in [3.05, 3.63) is 0 Å². The normalized spacial score (nSPS) is 20.8. The van der Waals surface area contributed by atoms with Crippen LogP contribution in [0.25, 0.3) is 0 Å². The van der Waals surface area contributed by atoms with Crippen LogP contribution >= 0.6 is 0 Å². The van der Waals surface area contributed by atoms with E-state index >= 15 is 0 Å². The van der Waals surface area contributed by atoms with Gasteiger partial charge < -0.3 is 10.0 Å². The Morgan fingerprint density at radius 2 is 2.00 bits per heavy atom. The molecule has 1 saturated heterocycles. The van der Waals surface area contributed by atoms with Gasteiger partial charge in [0.1, 0.15) is 5.78 Å². The Morgan fingerprint density at radius 3 is 2.56 bits per heavy atom. The quantitative estimate of drug-likeness (QED) is 0.776. The Hall–Kier alpha value is -1.39. The maximum absolute atomic E-state index is 12.0. The number of rotatable bonds is 6. The summed E-state index contributed by atoms with van der Waals surface area (Å²) in [7, 11) is 0. The van der Waals surface area contributed by atoms with Crippen molar-refractivity contribution >= 4 is 17.7 Å². The Labute approximate surface area is 107 Å². The number of carbonyl (C=O) groups is 3. The zero-order chi connectivity index (χ0) is 13.7. The number of Topliss-reactive ketones (excluding diaryl/α,β-unsaturated/α-hetero) is 1. The van der Waals surface area contributed by atoms with E-state index in [9.17, 15) is 14.4 Å². The van der Waals surface area contributed by atoms with E-state index < -0.39 is 5.97 Å². The molecule has 0 bridgehead atoms. The van der Waals surface area contributed by atoms with Crippen molar-refractivity contribution in [2.75, 3.05) is 13.1 Å². The van der Waals surface area contributed by atoms with Crippen molar-refractivity contribution < 1.29 is 19.5 Å². The zero-order valence-corrected chi connectivity index (χ0v) is 11.0. The molecule has 0 aromatic rings. The topological polar surface area (TPSA) is 74.7 Å². The van der Waals surface area contributed by atoms with Crippen molar-refractivity contribution in [3.8, 4) is 0 Å². The van der Waals surface area contributed by atoms with Crippen LogP contribution in [0, 0.1) is 11.8 Å². The lowest BCUT2D eigenvalue weighted by Gasteiger charge is -2.17. The second-order valence-corrected chi connectivity index (χ2v) is 4.93. The van der Waals surface area contributed by atoms with Crippen molar-refractivity contribution in [3.63, 3.8) is 0 Å². The molecule has 1 aliphatic rings. The fraction of sp³-hybridized carbons (Fsp3) is 0.769. The number of carbonyl (C=O) groups excluding carboxylic acids is 2. The second kappa shape index (κ2) is 6.52. The Kier molecular flexibility index (Phi) is 5.31. The third kappa shape index (κ3) is 3.82. The average Bonchev–Trinajstić information content (AvgIpc) is 2.83. The van der Waals surface area contributed by atoms with Gasteiger partial charge in [0.15, 0.2) is 0 Å². The van der Waals surface area contributed by atoms with Gasteiger partial charge in [-0.1, -0.05) is 13.8 Å². The van der Waals surface area contributed by atoms with Gasteiger partial charge in [0, 0.05) is 31.3 Å². The molecule has 0 spiro atoms. The molecular weight excluding hydrogens is 234 g/mol. The molecule has 102 valence electrons. The molecule has 18 heavy (non-hydrogen) atoms. The van der Waals surface area contributed by atoms with Gasteiger partial charge >= 0.3 is 5.97 Å². The van der Waals surface area contributed by atoms with Crippen LogP contribution in [-0.4, -0.2) is 40.8 Å². The average molecular weight is 255 g/mol. The van der Waals surface area contributed by atoms with E-state index in [0.29, 0.717) is 19.5 Å². The van der Waals surface area contributed by atoms with Gasteiger partial charge in [-0.05, 0) is 12.8 Å². The lowest BCUT2D eigenvalue weighted by Crippen LogP contribution is -2.31. The molecule has 1 amide bonds. The summed E-state index contributed by atoms with van der Waals surface area (Å²) in [6, 6.07) is 0. The lowest BCUT2D eigenvalue weighted by molar-refractivity contribution is -0.140. The summed E-state index contributed by atoms with van der Waals surface area (Å²) in [6.45, 7) is 4.93. The summed E-state index contributed by atoms with van der Waals surface area (Å²) in [5.74, 6) is -0.907. The monoisotopic (exact) mass is 255 g/mol. The summed E-state index contributed by atoms with van der Waals surface area (Å²) in [4.78, 5) is 35.7. The number of nitrogens with zero attached hydrogens (tertiary/aromatic N) is 1. The minimum Gasteiger partial charge on any atom is -0.481 e. The fourth-order valence-electron chi connectivity index (χ4n) is 2.19. The number of likely N-dealkylation sites (tertiary alicyclic amines) is 1. The van der Waals surface area contributed by atoms with E-state index in [4.69, 9.17) is 5.11 Å². The van der Waals surface area contributed by atoms with Crippen LogP contribution in [0.1, 0.15) is 39.5 Å². The number of amides is 1. The van der Waals surface area contributed by atoms with Gasteiger partial charge in [-0.3, -0.25) is 14.4 Å². The molecule has 5 heteroatoms. The number of aliphatic carboxylic acids is 1. The molecule has 1 fully saturated rings. The van der Waals surface area contributed by atoms with Crippen LogP contribution < -0.4 is 0 Å². The van der Waals surface area contributed by atoms with E-state index in [2.05, 4.69) is 0 Å². The van der Waals surface area contributed by atoms with E-state index in [0.717, 1.165) is 6.42 Å². The largest absolute Gasteiger partial charge is 0.481 e. The highest BCUT2D eigenvalue weighted by Crippen LogP contribution is 2.22. The third-order valence-corrected chi connectivity index (χ3v) is 3.59. The van der Waals surface area contributed by atoms with Crippen molar-refractivity contribution in [1.82, 2.24) is 4.90 Å². The predicted octanol–water partition coefficient (Wildman–Crippen LogP) is 1.31. The Bertz CT molecular complexity index is 340. The van der Waals surface area contributed by atoms with Crippen LogP contribution in [0.15, 0.2) is 0 Å². The Morgan fingerprint density at radius 1 is 1.33 bits per heavy atom. The van der Waals surface area contributed by atoms with Crippen molar-refractivity contribution in [2.24, 2.45) is 11.8 Å². The first-order valence-electron chi connectivity index (χ1n) is 6.49. The number of hydrogen-bond donors (Lipinski definition) is 1. The maximum atomic E-state index is 12.0. The van der Waals surface area contributed by atoms with Crippen LogP contribution in [-0.2, 0) is 14.4 Å². The predicted molar refractivity (Wildman–Crippen MR) is 66.0 cm³/mol. The van der Waals surface area contributed by atoms with Crippen LogP contribution in [0.4, 0.5) is 0 Å². The highest BCUT2D eigenvalue weighted by atomic mass is 16.4. The molecule has 2 atom stereocenters. The third-order valence-electron chi connectivity index (χ3n) is 3.59. The highest BCUT2D eigenvalue weighted by molar-refractivity contribution is 5.86. The van der Waals surface area contributed by atoms with Crippen molar-refractivity contribution in [2.45, 2.75) is 39.5 Å². The number of hydrogen-bond acceptors (Lipinski definition) is 3. The summed E-state index contributed by atoms with van der Waals surface area (Å²) in [5.41, 5.74) is 0. The molecule has 1 rings (SSSR count). The first kappa shape index (κ1) is 14.7. The van der Waals surface area contributed by atoms with Crippen LogP contribution in [0.2, 0.25) is 0 Å². The molecule has 0 aliphatic carbocycles. The standard InChI is InChI=1S/C13H21NO4/c1-3-9(2)13(18)10-6-7-14(8-10)11(15)4-5-12(16)17/h9-10H,3-8H2,1-2H3,(H,16,17). The molecule has 0 aromatic heterocycles. The molecular formula is C13H21NO4. The summed E-state index contributed by atoms with van der Waals surface area (Å²) < 4.78 is 0.